The predicted octanol–water partition coefficient (Wildman–Crippen LogP) is 2.63. The van der Waals surface area contributed by atoms with Crippen molar-refractivity contribution in [1.82, 2.24) is 9.97 Å². The minimum Gasteiger partial charge on any atom is -0.308 e. The summed E-state index contributed by atoms with van der Waals surface area (Å²) in [6, 6.07) is 0. The van der Waals surface area contributed by atoms with Crippen LogP contribution in [0.15, 0.2) is 11.4 Å². The van der Waals surface area contributed by atoms with Gasteiger partial charge in [-0.3, -0.25) is 0 Å². The SMILES string of the molecule is CC(C)CSc1ncnc(NN)c1C(C)C. The molecule has 0 aliphatic heterocycles. The van der Waals surface area contributed by atoms with Gasteiger partial charge in [0.15, 0.2) is 0 Å². The van der Waals surface area contributed by atoms with E-state index in [2.05, 4.69) is 43.1 Å². The average molecular weight is 240 g/mol. The highest BCUT2D eigenvalue weighted by Crippen LogP contribution is 2.31. The van der Waals surface area contributed by atoms with Gasteiger partial charge < -0.3 is 5.43 Å². The molecule has 0 aliphatic carbocycles. The Labute approximate surface area is 101 Å². The largest absolute Gasteiger partial charge is 0.308 e. The third kappa shape index (κ3) is 3.35. The Balaban J connectivity index is 2.97. The Morgan fingerprint density at radius 2 is 2.00 bits per heavy atom. The van der Waals surface area contributed by atoms with Crippen LogP contribution in [0.25, 0.3) is 0 Å². The number of hydrazine groups is 1. The van der Waals surface area contributed by atoms with Crippen molar-refractivity contribution in [3.05, 3.63) is 11.9 Å². The number of anilines is 1. The van der Waals surface area contributed by atoms with Gasteiger partial charge in [-0.05, 0) is 11.8 Å². The van der Waals surface area contributed by atoms with Crippen molar-refractivity contribution in [2.75, 3.05) is 11.2 Å². The molecular weight excluding hydrogens is 220 g/mol. The fraction of sp³-hybridized carbons (Fsp3) is 0.636. The van der Waals surface area contributed by atoms with Gasteiger partial charge in [0.1, 0.15) is 17.2 Å². The zero-order valence-electron chi connectivity index (χ0n) is 10.3. The molecule has 1 heterocycles. The predicted molar refractivity (Wildman–Crippen MR) is 69.5 cm³/mol. The van der Waals surface area contributed by atoms with Crippen LogP contribution < -0.4 is 11.3 Å². The summed E-state index contributed by atoms with van der Waals surface area (Å²) in [5, 5.41) is 1.03. The number of rotatable bonds is 5. The van der Waals surface area contributed by atoms with Gasteiger partial charge in [-0.25, -0.2) is 15.8 Å². The number of thioether (sulfide) groups is 1. The van der Waals surface area contributed by atoms with Crippen molar-refractivity contribution in [3.63, 3.8) is 0 Å². The molecule has 0 saturated carbocycles. The Kier molecular flexibility index (Phi) is 5.02. The Morgan fingerprint density at radius 1 is 1.31 bits per heavy atom. The molecule has 90 valence electrons. The maximum absolute atomic E-state index is 5.46. The molecule has 0 radical (unpaired) electrons. The average Bonchev–Trinajstić information content (AvgIpc) is 2.25. The van der Waals surface area contributed by atoms with Crippen LogP contribution in [0, 0.1) is 5.92 Å². The first kappa shape index (κ1) is 13.3. The van der Waals surface area contributed by atoms with E-state index in [1.54, 1.807) is 18.1 Å². The fourth-order valence-electron chi connectivity index (χ4n) is 1.38. The molecule has 0 fully saturated rings. The monoisotopic (exact) mass is 240 g/mol. The van der Waals surface area contributed by atoms with Crippen LogP contribution in [0.1, 0.15) is 39.2 Å². The van der Waals surface area contributed by atoms with Gasteiger partial charge in [0.2, 0.25) is 0 Å². The molecule has 0 aliphatic rings. The summed E-state index contributed by atoms with van der Waals surface area (Å²) >= 11 is 1.77. The first-order chi connectivity index (χ1) is 7.56. The molecule has 0 amide bonds. The van der Waals surface area contributed by atoms with Crippen molar-refractivity contribution >= 4 is 17.6 Å². The smallest absolute Gasteiger partial charge is 0.147 e. The van der Waals surface area contributed by atoms with E-state index >= 15 is 0 Å². The lowest BCUT2D eigenvalue weighted by molar-refractivity contribution is 0.746. The van der Waals surface area contributed by atoms with Gasteiger partial charge >= 0.3 is 0 Å². The topological polar surface area (TPSA) is 63.8 Å². The van der Waals surface area contributed by atoms with E-state index in [4.69, 9.17) is 5.84 Å². The molecule has 5 heteroatoms. The lowest BCUT2D eigenvalue weighted by atomic mass is 10.1. The van der Waals surface area contributed by atoms with Crippen LogP contribution in [-0.2, 0) is 0 Å². The second-order valence-corrected chi connectivity index (χ2v) is 5.45. The molecule has 3 N–H and O–H groups in total. The summed E-state index contributed by atoms with van der Waals surface area (Å²) in [5.74, 6) is 8.26. The fourth-order valence-corrected chi connectivity index (χ4v) is 2.48. The summed E-state index contributed by atoms with van der Waals surface area (Å²) < 4.78 is 0. The van der Waals surface area contributed by atoms with Gasteiger partial charge in [0, 0.05) is 11.3 Å². The maximum atomic E-state index is 5.46. The highest BCUT2D eigenvalue weighted by atomic mass is 32.2. The summed E-state index contributed by atoms with van der Waals surface area (Å²) in [6.07, 6.45) is 1.56. The molecule has 4 nitrogen and oxygen atoms in total. The summed E-state index contributed by atoms with van der Waals surface area (Å²) in [5.41, 5.74) is 3.75. The van der Waals surface area contributed by atoms with Crippen molar-refractivity contribution in [2.45, 2.75) is 38.6 Å². The van der Waals surface area contributed by atoms with E-state index in [0.29, 0.717) is 11.8 Å². The standard InChI is InChI=1S/C11H20N4S/c1-7(2)5-16-11-9(8(3)4)10(15-12)13-6-14-11/h6-8H,5,12H2,1-4H3,(H,13,14,15). The number of nitrogen functional groups attached to an aromatic ring is 1. The molecule has 0 unspecified atom stereocenters. The van der Waals surface area contributed by atoms with Crippen molar-refractivity contribution in [3.8, 4) is 0 Å². The van der Waals surface area contributed by atoms with E-state index in [-0.39, 0.29) is 0 Å². The van der Waals surface area contributed by atoms with Crippen LogP contribution in [0.2, 0.25) is 0 Å². The highest BCUT2D eigenvalue weighted by molar-refractivity contribution is 7.99. The molecule has 1 aromatic rings. The van der Waals surface area contributed by atoms with Crippen molar-refractivity contribution in [2.24, 2.45) is 11.8 Å². The minimum atomic E-state index is 0.363. The Bertz CT molecular complexity index is 339. The molecule has 0 spiro atoms. The molecule has 0 bridgehead atoms. The third-order valence-corrected chi connectivity index (χ3v) is 3.55. The summed E-state index contributed by atoms with van der Waals surface area (Å²) in [7, 11) is 0. The van der Waals surface area contributed by atoms with Gasteiger partial charge in [0.25, 0.3) is 0 Å². The summed E-state index contributed by atoms with van der Waals surface area (Å²) in [6.45, 7) is 8.65. The van der Waals surface area contributed by atoms with Crippen molar-refractivity contribution in [1.29, 1.82) is 0 Å². The molecule has 0 atom stereocenters. The third-order valence-electron chi connectivity index (χ3n) is 2.11. The number of nitrogens with zero attached hydrogens (tertiary/aromatic N) is 2. The van der Waals surface area contributed by atoms with Gasteiger partial charge in [-0.15, -0.1) is 11.8 Å². The Morgan fingerprint density at radius 3 is 2.50 bits per heavy atom. The van der Waals surface area contributed by atoms with Crippen LogP contribution in [-0.4, -0.2) is 15.7 Å². The van der Waals surface area contributed by atoms with Gasteiger partial charge in [-0.2, -0.15) is 0 Å². The van der Waals surface area contributed by atoms with E-state index in [1.165, 1.54) is 0 Å². The molecular formula is C11H20N4S. The first-order valence-corrected chi connectivity index (χ1v) is 6.49. The molecule has 1 rings (SSSR count). The molecule has 0 aromatic carbocycles. The van der Waals surface area contributed by atoms with E-state index < -0.39 is 0 Å². The number of hydrogen-bond donors (Lipinski definition) is 2. The van der Waals surface area contributed by atoms with Crippen molar-refractivity contribution < 1.29 is 0 Å². The van der Waals surface area contributed by atoms with Gasteiger partial charge in [0.05, 0.1) is 0 Å². The van der Waals surface area contributed by atoms with Crippen LogP contribution in [0.4, 0.5) is 5.82 Å². The molecule has 0 saturated heterocycles. The lowest BCUT2D eigenvalue weighted by Crippen LogP contribution is -2.13. The number of nitrogens with one attached hydrogen (secondary N) is 1. The van der Waals surface area contributed by atoms with Crippen LogP contribution in [0.3, 0.4) is 0 Å². The highest BCUT2D eigenvalue weighted by Gasteiger charge is 2.14. The lowest BCUT2D eigenvalue weighted by Gasteiger charge is -2.15. The number of aromatic nitrogens is 2. The van der Waals surface area contributed by atoms with E-state index in [1.807, 2.05) is 0 Å². The quantitative estimate of drug-likeness (QED) is 0.358. The van der Waals surface area contributed by atoms with Gasteiger partial charge in [-0.1, -0.05) is 27.7 Å². The van der Waals surface area contributed by atoms with Crippen LogP contribution >= 0.6 is 11.8 Å². The van der Waals surface area contributed by atoms with E-state index in [0.717, 1.165) is 22.2 Å². The normalized spacial score (nSPS) is 11.2. The second-order valence-electron chi connectivity index (χ2n) is 4.44. The molecule has 1 aromatic heterocycles. The zero-order valence-corrected chi connectivity index (χ0v) is 11.1. The first-order valence-electron chi connectivity index (χ1n) is 5.50. The maximum Gasteiger partial charge on any atom is 0.147 e. The number of nitrogens with two attached hydrogens (primary N) is 1. The van der Waals surface area contributed by atoms with E-state index in [9.17, 15) is 0 Å². The minimum absolute atomic E-state index is 0.363. The molecule has 16 heavy (non-hydrogen) atoms. The summed E-state index contributed by atoms with van der Waals surface area (Å²) in [4.78, 5) is 8.48. The van der Waals surface area contributed by atoms with Crippen LogP contribution in [0.5, 0.6) is 0 Å². The number of hydrogen-bond acceptors (Lipinski definition) is 5. The Hall–Kier alpha value is -0.810. The second kappa shape index (κ2) is 6.06. The zero-order chi connectivity index (χ0) is 12.1.